The number of hydrogen-bond acceptors (Lipinski definition) is 5. The summed E-state index contributed by atoms with van der Waals surface area (Å²) in [6.45, 7) is 0.290. The SMILES string of the molecule is NNC(=O)CCCCN1C=Nc2ccccc2S1(=O)=O. The third-order valence-electron chi connectivity index (χ3n) is 2.97. The number of fused-ring (bicyclic) bond motifs is 1. The van der Waals surface area contributed by atoms with Crippen LogP contribution in [0.4, 0.5) is 5.69 Å². The molecule has 2 rings (SSSR count). The number of amides is 1. The van der Waals surface area contributed by atoms with Crippen molar-refractivity contribution in [3.05, 3.63) is 24.3 Å². The minimum absolute atomic E-state index is 0.210. The van der Waals surface area contributed by atoms with Crippen LogP contribution in [0.3, 0.4) is 0 Å². The van der Waals surface area contributed by atoms with Gasteiger partial charge in [-0.2, -0.15) is 0 Å². The number of unbranched alkanes of at least 4 members (excludes halogenated alkanes) is 1. The first-order valence-corrected chi connectivity index (χ1v) is 7.64. The van der Waals surface area contributed by atoms with E-state index < -0.39 is 10.0 Å². The van der Waals surface area contributed by atoms with Crippen LogP contribution in [0.5, 0.6) is 0 Å². The van der Waals surface area contributed by atoms with Crippen LogP contribution in [0.15, 0.2) is 34.2 Å². The zero-order valence-electron chi connectivity index (χ0n) is 10.8. The Kier molecular flexibility index (Phi) is 4.35. The molecule has 7 nitrogen and oxygen atoms in total. The first kappa shape index (κ1) is 14.5. The van der Waals surface area contributed by atoms with Crippen molar-refractivity contribution in [2.45, 2.75) is 24.2 Å². The number of hydrogen-bond donors (Lipinski definition) is 2. The normalized spacial score (nSPS) is 15.8. The second-order valence-corrected chi connectivity index (χ2v) is 6.21. The summed E-state index contributed by atoms with van der Waals surface area (Å²) in [5, 5.41) is 0. The van der Waals surface area contributed by atoms with Crippen molar-refractivity contribution < 1.29 is 13.2 Å². The lowest BCUT2D eigenvalue weighted by molar-refractivity contribution is -0.121. The Bertz CT molecular complexity index is 627. The number of nitrogens with two attached hydrogens (primary N) is 1. The molecule has 0 bridgehead atoms. The maximum absolute atomic E-state index is 12.3. The van der Waals surface area contributed by atoms with Gasteiger partial charge in [-0.25, -0.2) is 19.3 Å². The van der Waals surface area contributed by atoms with Crippen LogP contribution in [-0.2, 0) is 14.8 Å². The molecule has 0 aliphatic carbocycles. The van der Waals surface area contributed by atoms with Gasteiger partial charge in [0.05, 0.1) is 5.69 Å². The van der Waals surface area contributed by atoms with Crippen molar-refractivity contribution in [3.63, 3.8) is 0 Å². The number of aliphatic imine (C=N–C) groups is 1. The van der Waals surface area contributed by atoms with Crippen LogP contribution in [0.25, 0.3) is 0 Å². The van der Waals surface area contributed by atoms with Crippen molar-refractivity contribution in [1.82, 2.24) is 9.73 Å². The minimum Gasteiger partial charge on any atom is -0.294 e. The number of nitrogens with one attached hydrogen (secondary N) is 1. The predicted octanol–water partition coefficient (Wildman–Crippen LogP) is 0.511. The van der Waals surface area contributed by atoms with E-state index in [2.05, 4.69) is 4.99 Å². The van der Waals surface area contributed by atoms with Crippen molar-refractivity contribution in [1.29, 1.82) is 0 Å². The maximum atomic E-state index is 12.3. The van der Waals surface area contributed by atoms with Crippen molar-refractivity contribution >= 4 is 28.0 Å². The lowest BCUT2D eigenvalue weighted by atomic mass is 10.2. The summed E-state index contributed by atoms with van der Waals surface area (Å²) in [7, 11) is -3.53. The fourth-order valence-corrected chi connectivity index (χ4v) is 3.33. The van der Waals surface area contributed by atoms with Gasteiger partial charge in [-0.05, 0) is 25.0 Å². The van der Waals surface area contributed by atoms with E-state index in [-0.39, 0.29) is 23.8 Å². The molecule has 0 aromatic heterocycles. The molecule has 0 fully saturated rings. The number of carbonyl (C=O) groups is 1. The minimum atomic E-state index is -3.53. The molecule has 0 radical (unpaired) electrons. The first-order chi connectivity index (χ1) is 9.55. The number of para-hydroxylation sites is 1. The van der Waals surface area contributed by atoms with Crippen molar-refractivity contribution in [2.75, 3.05) is 6.54 Å². The summed E-state index contributed by atoms with van der Waals surface area (Å²) in [4.78, 5) is 15.3. The molecule has 0 saturated carbocycles. The molecule has 20 heavy (non-hydrogen) atoms. The lowest BCUT2D eigenvalue weighted by Crippen LogP contribution is -2.33. The molecule has 0 unspecified atom stereocenters. The standard InChI is InChI=1S/C12H16N4O3S/c13-15-12(17)7-3-4-8-16-9-14-10-5-1-2-6-11(10)20(16,18)19/h1-2,5-6,9H,3-4,7-8,13H2,(H,15,17). The molecular formula is C12H16N4O3S. The highest BCUT2D eigenvalue weighted by Crippen LogP contribution is 2.29. The van der Waals surface area contributed by atoms with E-state index in [4.69, 9.17) is 5.84 Å². The number of hydrazine groups is 1. The van der Waals surface area contributed by atoms with Crippen LogP contribution in [-0.4, -0.2) is 31.5 Å². The molecule has 1 aromatic carbocycles. The van der Waals surface area contributed by atoms with E-state index in [0.717, 1.165) is 0 Å². The van der Waals surface area contributed by atoms with Crippen molar-refractivity contribution in [2.24, 2.45) is 10.8 Å². The van der Waals surface area contributed by atoms with E-state index in [9.17, 15) is 13.2 Å². The van der Waals surface area contributed by atoms with Gasteiger partial charge in [0.25, 0.3) is 10.0 Å². The molecule has 1 aliphatic rings. The lowest BCUT2D eigenvalue weighted by Gasteiger charge is -2.23. The highest BCUT2D eigenvalue weighted by molar-refractivity contribution is 7.89. The monoisotopic (exact) mass is 296 g/mol. The Labute approximate surface area is 117 Å². The first-order valence-electron chi connectivity index (χ1n) is 6.20. The van der Waals surface area contributed by atoms with Gasteiger partial charge in [0, 0.05) is 13.0 Å². The number of rotatable bonds is 5. The topological polar surface area (TPSA) is 105 Å². The van der Waals surface area contributed by atoms with Gasteiger partial charge in [0.2, 0.25) is 5.91 Å². The van der Waals surface area contributed by atoms with Crippen LogP contribution < -0.4 is 11.3 Å². The number of carbonyl (C=O) groups excluding carboxylic acids is 1. The molecule has 8 heteroatoms. The number of benzene rings is 1. The molecule has 108 valence electrons. The second-order valence-electron chi connectivity index (χ2n) is 4.35. The largest absolute Gasteiger partial charge is 0.294 e. The van der Waals surface area contributed by atoms with Gasteiger partial charge in [-0.15, -0.1) is 0 Å². The van der Waals surface area contributed by atoms with Crippen LogP contribution in [0.2, 0.25) is 0 Å². The summed E-state index contributed by atoms with van der Waals surface area (Å²) < 4.78 is 25.9. The molecule has 0 atom stereocenters. The Balaban J connectivity index is 2.00. The molecule has 0 spiro atoms. The molecule has 1 aromatic rings. The highest BCUT2D eigenvalue weighted by atomic mass is 32.2. The molecule has 1 amide bonds. The fourth-order valence-electron chi connectivity index (χ4n) is 1.90. The van der Waals surface area contributed by atoms with Crippen LogP contribution >= 0.6 is 0 Å². The summed E-state index contributed by atoms with van der Waals surface area (Å²) in [6, 6.07) is 6.61. The molecule has 1 aliphatic heterocycles. The van der Waals surface area contributed by atoms with Gasteiger partial charge >= 0.3 is 0 Å². The van der Waals surface area contributed by atoms with E-state index in [1.165, 1.54) is 16.7 Å². The maximum Gasteiger partial charge on any atom is 0.267 e. The molecule has 3 N–H and O–H groups in total. The Morgan fingerprint density at radius 3 is 2.80 bits per heavy atom. The third kappa shape index (κ3) is 2.97. The average molecular weight is 296 g/mol. The van der Waals surface area contributed by atoms with Crippen LogP contribution in [0.1, 0.15) is 19.3 Å². The Hall–Kier alpha value is -1.93. The van der Waals surface area contributed by atoms with E-state index in [1.807, 2.05) is 5.43 Å². The summed E-state index contributed by atoms with van der Waals surface area (Å²) >= 11 is 0. The second kappa shape index (κ2) is 6.02. The van der Waals surface area contributed by atoms with Gasteiger partial charge in [0.15, 0.2) is 0 Å². The Morgan fingerprint density at radius 1 is 1.30 bits per heavy atom. The molecule has 0 saturated heterocycles. The molecular weight excluding hydrogens is 280 g/mol. The van der Waals surface area contributed by atoms with Crippen LogP contribution in [0, 0.1) is 0 Å². The quantitative estimate of drug-likeness (QED) is 0.357. The summed E-state index contributed by atoms with van der Waals surface area (Å²) in [6.07, 6.45) is 2.71. The number of sulfonamides is 1. The fraction of sp³-hybridized carbons (Fsp3) is 0.333. The zero-order chi connectivity index (χ0) is 14.6. The number of nitrogens with zero attached hydrogens (tertiary/aromatic N) is 2. The van der Waals surface area contributed by atoms with E-state index >= 15 is 0 Å². The zero-order valence-corrected chi connectivity index (χ0v) is 11.6. The highest BCUT2D eigenvalue weighted by Gasteiger charge is 2.27. The third-order valence-corrected chi connectivity index (χ3v) is 4.77. The summed E-state index contributed by atoms with van der Waals surface area (Å²) in [5.41, 5.74) is 2.49. The van der Waals surface area contributed by atoms with Gasteiger partial charge in [-0.3, -0.25) is 14.5 Å². The van der Waals surface area contributed by atoms with Crippen molar-refractivity contribution in [3.8, 4) is 0 Å². The van der Waals surface area contributed by atoms with Gasteiger partial charge in [-0.1, -0.05) is 12.1 Å². The van der Waals surface area contributed by atoms with E-state index in [1.54, 1.807) is 18.2 Å². The van der Waals surface area contributed by atoms with Gasteiger partial charge in [0.1, 0.15) is 11.2 Å². The smallest absolute Gasteiger partial charge is 0.267 e. The predicted molar refractivity (Wildman–Crippen MR) is 74.7 cm³/mol. The summed E-state index contributed by atoms with van der Waals surface area (Å²) in [5.74, 6) is 4.71. The average Bonchev–Trinajstić information content (AvgIpc) is 2.45. The Morgan fingerprint density at radius 2 is 2.05 bits per heavy atom. The van der Waals surface area contributed by atoms with Gasteiger partial charge < -0.3 is 0 Å². The van der Waals surface area contributed by atoms with E-state index in [0.29, 0.717) is 18.5 Å². The molecule has 1 heterocycles.